The number of carbonyl (C=O) groups excluding carboxylic acids is 1. The lowest BCUT2D eigenvalue weighted by atomic mass is 10.2. The van der Waals surface area contributed by atoms with Gasteiger partial charge in [0.15, 0.2) is 0 Å². The molecule has 0 spiro atoms. The number of rotatable bonds is 7. The van der Waals surface area contributed by atoms with E-state index in [2.05, 4.69) is 20.6 Å². The molecule has 29 heavy (non-hydrogen) atoms. The van der Waals surface area contributed by atoms with Crippen LogP contribution in [0.15, 0.2) is 27.8 Å². The Bertz CT molecular complexity index is 1030. The monoisotopic (exact) mass is 417 g/mol. The number of ether oxygens (including phenoxy) is 2. The van der Waals surface area contributed by atoms with Gasteiger partial charge in [0.05, 0.1) is 42.1 Å². The molecule has 2 aromatic heterocycles. The minimum atomic E-state index is -0.444. The number of hydrogen-bond donors (Lipinski definition) is 1. The molecule has 0 aliphatic carbocycles. The van der Waals surface area contributed by atoms with Crippen molar-refractivity contribution in [2.45, 2.75) is 31.2 Å². The van der Waals surface area contributed by atoms with Crippen LogP contribution < -0.4 is 14.8 Å². The topological polar surface area (TPSA) is 104 Å². The lowest BCUT2D eigenvalue weighted by molar-refractivity contribution is -0.115. The maximum Gasteiger partial charge on any atom is 0.277 e. The summed E-state index contributed by atoms with van der Waals surface area (Å²) in [5.74, 6) is 1.35. The first-order valence-corrected chi connectivity index (χ1v) is 9.75. The van der Waals surface area contributed by atoms with E-state index in [1.165, 1.54) is 11.8 Å². The van der Waals surface area contributed by atoms with E-state index in [1.807, 2.05) is 20.9 Å². The van der Waals surface area contributed by atoms with Crippen molar-refractivity contribution in [1.29, 1.82) is 0 Å². The second-order valence-corrected chi connectivity index (χ2v) is 7.65. The molecular weight excluding hydrogens is 394 g/mol. The molecule has 0 aliphatic heterocycles. The molecule has 0 saturated heterocycles. The van der Waals surface area contributed by atoms with Gasteiger partial charge in [0, 0.05) is 13.1 Å². The zero-order valence-electron chi connectivity index (χ0n) is 17.1. The molecule has 3 rings (SSSR count). The standard InChI is InChI=1S/C19H23N5O4S/c1-10-16(11(2)24(4)23-10)20-17(25)12(3)29-19-22-21-18(28-19)14-8-7-13(26-5)9-15(14)27-6/h7-9,12H,1-6H3,(H,20,25)/t12-/m1/s1. The summed E-state index contributed by atoms with van der Waals surface area (Å²) in [6.45, 7) is 5.53. The van der Waals surface area contributed by atoms with Gasteiger partial charge in [-0.2, -0.15) is 5.10 Å². The van der Waals surface area contributed by atoms with Crippen molar-refractivity contribution in [1.82, 2.24) is 20.0 Å². The van der Waals surface area contributed by atoms with Crippen molar-refractivity contribution in [3.63, 3.8) is 0 Å². The molecular formula is C19H23N5O4S. The van der Waals surface area contributed by atoms with Crippen molar-refractivity contribution in [3.8, 4) is 23.0 Å². The lowest BCUT2D eigenvalue weighted by Gasteiger charge is -2.10. The second-order valence-electron chi connectivity index (χ2n) is 6.36. The van der Waals surface area contributed by atoms with Gasteiger partial charge in [-0.15, -0.1) is 10.2 Å². The number of aromatic nitrogens is 4. The average Bonchev–Trinajstić information content (AvgIpc) is 3.27. The molecule has 0 saturated carbocycles. The van der Waals surface area contributed by atoms with E-state index in [0.29, 0.717) is 28.2 Å². The fourth-order valence-corrected chi connectivity index (χ4v) is 3.41. The summed E-state index contributed by atoms with van der Waals surface area (Å²) in [4.78, 5) is 12.6. The van der Waals surface area contributed by atoms with E-state index in [-0.39, 0.29) is 5.91 Å². The number of methoxy groups -OCH3 is 2. The number of benzene rings is 1. The average molecular weight is 417 g/mol. The molecule has 0 aliphatic rings. The van der Waals surface area contributed by atoms with Gasteiger partial charge in [0.2, 0.25) is 5.91 Å². The van der Waals surface area contributed by atoms with E-state index < -0.39 is 5.25 Å². The Hall–Kier alpha value is -3.01. The summed E-state index contributed by atoms with van der Waals surface area (Å²) in [6.07, 6.45) is 0. The van der Waals surface area contributed by atoms with Gasteiger partial charge >= 0.3 is 0 Å². The molecule has 1 amide bonds. The predicted molar refractivity (Wildman–Crippen MR) is 109 cm³/mol. The highest BCUT2D eigenvalue weighted by Gasteiger charge is 2.22. The largest absolute Gasteiger partial charge is 0.497 e. The Balaban J connectivity index is 1.72. The quantitative estimate of drug-likeness (QED) is 0.584. The van der Waals surface area contributed by atoms with E-state index in [0.717, 1.165) is 17.1 Å². The van der Waals surface area contributed by atoms with Gasteiger partial charge in [-0.05, 0) is 32.9 Å². The zero-order chi connectivity index (χ0) is 21.1. The normalized spacial score (nSPS) is 11.9. The molecule has 0 bridgehead atoms. The highest BCUT2D eigenvalue weighted by Crippen LogP contribution is 2.34. The van der Waals surface area contributed by atoms with Crippen molar-refractivity contribution >= 4 is 23.4 Å². The molecule has 0 unspecified atom stereocenters. The maximum absolute atomic E-state index is 12.6. The van der Waals surface area contributed by atoms with Crippen LogP contribution in [-0.2, 0) is 11.8 Å². The molecule has 3 aromatic rings. The summed E-state index contributed by atoms with van der Waals surface area (Å²) >= 11 is 1.18. The summed E-state index contributed by atoms with van der Waals surface area (Å²) in [6, 6.07) is 5.30. The smallest absolute Gasteiger partial charge is 0.277 e. The summed E-state index contributed by atoms with van der Waals surface area (Å²) in [7, 11) is 4.97. The molecule has 10 heteroatoms. The fourth-order valence-electron chi connectivity index (χ4n) is 2.73. The third kappa shape index (κ3) is 4.37. The van der Waals surface area contributed by atoms with Gasteiger partial charge < -0.3 is 19.2 Å². The van der Waals surface area contributed by atoms with Gasteiger partial charge in [-0.3, -0.25) is 9.48 Å². The van der Waals surface area contributed by atoms with Crippen LogP contribution in [0.3, 0.4) is 0 Å². The molecule has 9 nitrogen and oxygen atoms in total. The molecule has 0 radical (unpaired) electrons. The first-order chi connectivity index (χ1) is 13.8. The Morgan fingerprint density at radius 2 is 2.00 bits per heavy atom. The molecule has 1 aromatic carbocycles. The molecule has 1 atom stereocenters. The van der Waals surface area contributed by atoms with Gasteiger partial charge in [0.25, 0.3) is 11.1 Å². The van der Waals surface area contributed by atoms with E-state index >= 15 is 0 Å². The number of carbonyl (C=O) groups is 1. The van der Waals surface area contributed by atoms with Crippen molar-refractivity contribution < 1.29 is 18.7 Å². The molecule has 2 heterocycles. The Morgan fingerprint density at radius 1 is 1.24 bits per heavy atom. The summed E-state index contributed by atoms with van der Waals surface area (Å²) in [5.41, 5.74) is 3.02. The van der Waals surface area contributed by atoms with E-state index in [9.17, 15) is 4.79 Å². The van der Waals surface area contributed by atoms with Crippen LogP contribution in [0.5, 0.6) is 11.5 Å². The van der Waals surface area contributed by atoms with E-state index in [1.54, 1.807) is 44.0 Å². The van der Waals surface area contributed by atoms with Crippen LogP contribution in [0.2, 0.25) is 0 Å². The van der Waals surface area contributed by atoms with Crippen molar-refractivity contribution in [2.24, 2.45) is 7.05 Å². The first kappa shape index (κ1) is 20.7. The number of aryl methyl sites for hydroxylation is 2. The van der Waals surface area contributed by atoms with Crippen LogP contribution in [0.1, 0.15) is 18.3 Å². The Kier molecular flexibility index (Phi) is 6.12. The minimum Gasteiger partial charge on any atom is -0.497 e. The molecule has 1 N–H and O–H groups in total. The molecule has 0 fully saturated rings. The number of hydrogen-bond acceptors (Lipinski definition) is 8. The van der Waals surface area contributed by atoms with E-state index in [4.69, 9.17) is 13.9 Å². The predicted octanol–water partition coefficient (Wildman–Crippen LogP) is 3.22. The number of thioether (sulfide) groups is 1. The van der Waals surface area contributed by atoms with Crippen molar-refractivity contribution in [2.75, 3.05) is 19.5 Å². The third-order valence-corrected chi connectivity index (χ3v) is 5.38. The number of anilines is 1. The summed E-state index contributed by atoms with van der Waals surface area (Å²) < 4.78 is 18.0. The Morgan fingerprint density at radius 3 is 2.62 bits per heavy atom. The van der Waals surface area contributed by atoms with Crippen LogP contribution in [0.25, 0.3) is 11.5 Å². The van der Waals surface area contributed by atoms with Crippen molar-refractivity contribution in [3.05, 3.63) is 29.6 Å². The zero-order valence-corrected chi connectivity index (χ0v) is 18.0. The maximum atomic E-state index is 12.6. The number of amides is 1. The van der Waals surface area contributed by atoms with Gasteiger partial charge in [0.1, 0.15) is 11.5 Å². The highest BCUT2D eigenvalue weighted by atomic mass is 32.2. The van der Waals surface area contributed by atoms with Gasteiger partial charge in [-0.1, -0.05) is 11.8 Å². The van der Waals surface area contributed by atoms with Crippen LogP contribution in [-0.4, -0.2) is 45.4 Å². The SMILES string of the molecule is COc1ccc(-c2nnc(S[C@H](C)C(=O)Nc3c(C)nn(C)c3C)o2)c(OC)c1. The number of nitrogens with one attached hydrogen (secondary N) is 1. The lowest BCUT2D eigenvalue weighted by Crippen LogP contribution is -2.23. The molecule has 154 valence electrons. The van der Waals surface area contributed by atoms with Crippen LogP contribution >= 0.6 is 11.8 Å². The summed E-state index contributed by atoms with van der Waals surface area (Å²) in [5, 5.41) is 15.2. The fraction of sp³-hybridized carbons (Fsp3) is 0.368. The first-order valence-electron chi connectivity index (χ1n) is 8.87. The highest BCUT2D eigenvalue weighted by molar-refractivity contribution is 8.00. The number of nitrogens with zero attached hydrogens (tertiary/aromatic N) is 4. The second kappa shape index (κ2) is 8.56. The van der Waals surface area contributed by atoms with Gasteiger partial charge in [-0.25, -0.2) is 0 Å². The third-order valence-electron chi connectivity index (χ3n) is 4.45. The van der Waals surface area contributed by atoms with Crippen LogP contribution in [0, 0.1) is 13.8 Å². The van der Waals surface area contributed by atoms with Crippen LogP contribution in [0.4, 0.5) is 5.69 Å². The minimum absolute atomic E-state index is 0.170. The Labute approximate surface area is 172 Å².